The summed E-state index contributed by atoms with van der Waals surface area (Å²) in [7, 11) is -3.28. The van der Waals surface area contributed by atoms with Gasteiger partial charge in [-0.25, -0.2) is 13.1 Å². The van der Waals surface area contributed by atoms with E-state index in [0.29, 0.717) is 24.3 Å². The van der Waals surface area contributed by atoms with Crippen LogP contribution in [0.25, 0.3) is 0 Å². The second kappa shape index (κ2) is 6.42. The number of benzene rings is 1. The summed E-state index contributed by atoms with van der Waals surface area (Å²) >= 11 is 0. The van der Waals surface area contributed by atoms with Gasteiger partial charge in [0, 0.05) is 17.7 Å². The minimum Gasteiger partial charge on any atom is -0.487 e. The molecule has 0 fully saturated rings. The molecule has 0 aromatic heterocycles. The molecule has 3 N–H and O–H groups in total. The number of sulfonamides is 1. The molecule has 21 heavy (non-hydrogen) atoms. The summed E-state index contributed by atoms with van der Waals surface area (Å²) in [5, 5.41) is 0. The van der Waals surface area contributed by atoms with Crippen LogP contribution in [-0.4, -0.2) is 19.8 Å². The van der Waals surface area contributed by atoms with Gasteiger partial charge in [-0.3, -0.25) is 0 Å². The first-order valence-electron chi connectivity index (χ1n) is 6.81. The van der Waals surface area contributed by atoms with Crippen molar-refractivity contribution in [2.45, 2.75) is 45.3 Å². The van der Waals surface area contributed by atoms with E-state index in [9.17, 15) is 8.42 Å². The molecule has 0 radical (unpaired) electrons. The van der Waals surface area contributed by atoms with Crippen LogP contribution in [0.3, 0.4) is 0 Å². The number of nitrogens with one attached hydrogen (secondary N) is 1. The van der Waals surface area contributed by atoms with Crippen molar-refractivity contribution in [1.82, 2.24) is 4.72 Å². The van der Waals surface area contributed by atoms with Crippen LogP contribution >= 0.6 is 12.4 Å². The first-order chi connectivity index (χ1) is 9.22. The van der Waals surface area contributed by atoms with Crippen molar-refractivity contribution >= 4 is 28.1 Å². The summed E-state index contributed by atoms with van der Waals surface area (Å²) in [4.78, 5) is 0. The van der Waals surface area contributed by atoms with Gasteiger partial charge in [0.15, 0.2) is 0 Å². The topological polar surface area (TPSA) is 81.4 Å². The van der Waals surface area contributed by atoms with E-state index in [-0.39, 0.29) is 24.2 Å². The predicted molar refractivity (Wildman–Crippen MR) is 87.4 cm³/mol. The second-order valence-electron chi connectivity index (χ2n) is 5.85. The molecule has 5 nitrogen and oxygen atoms in total. The Morgan fingerprint density at radius 2 is 2.10 bits per heavy atom. The smallest absolute Gasteiger partial charge is 0.212 e. The molecule has 0 aliphatic carbocycles. The second-order valence-corrected chi connectivity index (χ2v) is 7.73. The van der Waals surface area contributed by atoms with E-state index in [1.807, 2.05) is 20.8 Å². The number of halogens is 1. The highest BCUT2D eigenvalue weighted by Gasteiger charge is 2.35. The summed E-state index contributed by atoms with van der Waals surface area (Å²) in [5.74, 6) is 0.822. The predicted octanol–water partition coefficient (Wildman–Crippen LogP) is 2.62. The molecule has 1 heterocycles. The van der Waals surface area contributed by atoms with Crippen molar-refractivity contribution in [2.75, 3.05) is 11.5 Å². The standard InChI is InChI=1S/C14H22N2O3S.ClH/c1-4-7-20(17,18)16-12-9-14(2,3)19-13-6-5-10(15)8-11(12)13;/h5-6,8,12,16H,4,7,9,15H2,1-3H3;1H. The van der Waals surface area contributed by atoms with Crippen LogP contribution in [-0.2, 0) is 10.0 Å². The number of ether oxygens (including phenoxy) is 1. The minimum absolute atomic E-state index is 0. The quantitative estimate of drug-likeness (QED) is 0.829. The maximum atomic E-state index is 12.0. The van der Waals surface area contributed by atoms with Gasteiger partial charge in [-0.1, -0.05) is 6.92 Å². The fraction of sp³-hybridized carbons (Fsp3) is 0.571. The SMILES string of the molecule is CCCS(=O)(=O)NC1CC(C)(C)Oc2ccc(N)cc21.Cl. The fourth-order valence-electron chi connectivity index (χ4n) is 2.52. The minimum atomic E-state index is -3.28. The van der Waals surface area contributed by atoms with Crippen LogP contribution in [0.2, 0.25) is 0 Å². The van der Waals surface area contributed by atoms with Crippen LogP contribution in [0.1, 0.15) is 45.2 Å². The molecule has 2 rings (SSSR count). The summed E-state index contributed by atoms with van der Waals surface area (Å²) in [5.41, 5.74) is 6.80. The van der Waals surface area contributed by atoms with E-state index in [1.54, 1.807) is 18.2 Å². The van der Waals surface area contributed by atoms with Crippen molar-refractivity contribution < 1.29 is 13.2 Å². The Morgan fingerprint density at radius 1 is 1.43 bits per heavy atom. The van der Waals surface area contributed by atoms with Gasteiger partial charge in [0.25, 0.3) is 0 Å². The molecule has 1 aromatic carbocycles. The lowest BCUT2D eigenvalue weighted by Crippen LogP contribution is -2.41. The van der Waals surface area contributed by atoms with Crippen LogP contribution in [0.5, 0.6) is 5.75 Å². The highest BCUT2D eigenvalue weighted by Crippen LogP contribution is 2.40. The van der Waals surface area contributed by atoms with Crippen molar-refractivity contribution in [2.24, 2.45) is 0 Å². The Morgan fingerprint density at radius 3 is 2.71 bits per heavy atom. The number of rotatable bonds is 4. The van der Waals surface area contributed by atoms with E-state index in [2.05, 4.69) is 4.72 Å². The molecule has 1 atom stereocenters. The third kappa shape index (κ3) is 4.49. The Bertz CT molecular complexity index is 602. The molecule has 1 aliphatic rings. The molecule has 0 amide bonds. The highest BCUT2D eigenvalue weighted by atomic mass is 35.5. The number of hydrogen-bond acceptors (Lipinski definition) is 4. The largest absolute Gasteiger partial charge is 0.487 e. The molecule has 0 saturated carbocycles. The van der Waals surface area contributed by atoms with Crippen LogP contribution in [0.4, 0.5) is 5.69 Å². The Hall–Kier alpha value is -0.980. The maximum Gasteiger partial charge on any atom is 0.212 e. The van der Waals surface area contributed by atoms with Gasteiger partial charge in [-0.05, 0) is 38.5 Å². The Kier molecular flexibility index (Phi) is 5.52. The number of fused-ring (bicyclic) bond motifs is 1. The van der Waals surface area contributed by atoms with E-state index >= 15 is 0 Å². The maximum absolute atomic E-state index is 12.0. The van der Waals surface area contributed by atoms with Gasteiger partial charge in [0.05, 0.1) is 11.8 Å². The Balaban J connectivity index is 0.00000220. The van der Waals surface area contributed by atoms with Gasteiger partial charge in [0.2, 0.25) is 10.0 Å². The van der Waals surface area contributed by atoms with Gasteiger partial charge in [-0.15, -0.1) is 12.4 Å². The monoisotopic (exact) mass is 334 g/mol. The van der Waals surface area contributed by atoms with Gasteiger partial charge < -0.3 is 10.5 Å². The summed E-state index contributed by atoms with van der Waals surface area (Å²) < 4.78 is 32.7. The zero-order valence-corrected chi connectivity index (χ0v) is 14.2. The molecular weight excluding hydrogens is 312 g/mol. The van der Waals surface area contributed by atoms with Gasteiger partial charge >= 0.3 is 0 Å². The number of anilines is 1. The number of nitrogens with two attached hydrogens (primary N) is 1. The molecule has 120 valence electrons. The summed E-state index contributed by atoms with van der Waals surface area (Å²) in [6.07, 6.45) is 1.16. The summed E-state index contributed by atoms with van der Waals surface area (Å²) in [6.45, 7) is 5.75. The van der Waals surface area contributed by atoms with Crippen molar-refractivity contribution in [1.29, 1.82) is 0 Å². The zero-order chi connectivity index (χ0) is 15.0. The van der Waals surface area contributed by atoms with E-state index in [1.165, 1.54) is 0 Å². The van der Waals surface area contributed by atoms with E-state index < -0.39 is 15.6 Å². The molecule has 0 saturated heterocycles. The van der Waals surface area contributed by atoms with Crippen molar-refractivity contribution in [3.63, 3.8) is 0 Å². The lowest BCUT2D eigenvalue weighted by Gasteiger charge is -2.37. The van der Waals surface area contributed by atoms with Crippen LogP contribution in [0.15, 0.2) is 18.2 Å². The lowest BCUT2D eigenvalue weighted by atomic mass is 9.90. The lowest BCUT2D eigenvalue weighted by molar-refractivity contribution is 0.0702. The first kappa shape index (κ1) is 18.1. The van der Waals surface area contributed by atoms with E-state index in [4.69, 9.17) is 10.5 Å². The molecule has 0 bridgehead atoms. The third-order valence-corrected chi connectivity index (χ3v) is 4.88. The molecule has 1 aromatic rings. The Labute approximate surface area is 132 Å². The highest BCUT2D eigenvalue weighted by molar-refractivity contribution is 7.89. The molecule has 7 heteroatoms. The first-order valence-corrected chi connectivity index (χ1v) is 8.46. The normalized spacial score (nSPS) is 20.0. The van der Waals surface area contributed by atoms with Crippen LogP contribution in [0, 0.1) is 0 Å². The van der Waals surface area contributed by atoms with Crippen molar-refractivity contribution in [3.05, 3.63) is 23.8 Å². The van der Waals surface area contributed by atoms with E-state index in [0.717, 1.165) is 5.56 Å². The van der Waals surface area contributed by atoms with Crippen LogP contribution < -0.4 is 15.2 Å². The fourth-order valence-corrected chi connectivity index (χ4v) is 3.82. The average Bonchev–Trinajstić information content (AvgIpc) is 2.28. The molecule has 0 spiro atoms. The molecule has 1 unspecified atom stereocenters. The van der Waals surface area contributed by atoms with Gasteiger partial charge in [0.1, 0.15) is 11.4 Å². The zero-order valence-electron chi connectivity index (χ0n) is 12.5. The number of hydrogen-bond donors (Lipinski definition) is 2. The molecule has 1 aliphatic heterocycles. The number of nitrogen functional groups attached to an aromatic ring is 1. The average molecular weight is 335 g/mol. The molecular formula is C14H23ClN2O3S. The van der Waals surface area contributed by atoms with Gasteiger partial charge in [-0.2, -0.15) is 0 Å². The van der Waals surface area contributed by atoms with Crippen molar-refractivity contribution in [3.8, 4) is 5.75 Å². The summed E-state index contributed by atoms with van der Waals surface area (Å²) in [6, 6.07) is 5.04. The third-order valence-electron chi connectivity index (χ3n) is 3.29.